The molecule has 26 heavy (non-hydrogen) atoms. The van der Waals surface area contributed by atoms with E-state index < -0.39 is 47.0 Å². The van der Waals surface area contributed by atoms with Gasteiger partial charge in [-0.3, -0.25) is 4.79 Å². The lowest BCUT2D eigenvalue weighted by Gasteiger charge is -2.32. The summed E-state index contributed by atoms with van der Waals surface area (Å²) in [5.41, 5.74) is 0. The van der Waals surface area contributed by atoms with Crippen LogP contribution >= 0.6 is 10.7 Å². The van der Waals surface area contributed by atoms with Gasteiger partial charge in [-0.15, -0.1) is 0 Å². The molecule has 0 unspecified atom stereocenters. The van der Waals surface area contributed by atoms with Gasteiger partial charge in [0.15, 0.2) is 0 Å². The minimum absolute atomic E-state index is 0.0448. The zero-order valence-electron chi connectivity index (χ0n) is 13.0. The van der Waals surface area contributed by atoms with E-state index in [0.29, 0.717) is 4.90 Å². The maximum absolute atomic E-state index is 12.4. The second kappa shape index (κ2) is 7.33. The van der Waals surface area contributed by atoms with Gasteiger partial charge in [-0.1, -0.05) is 12.1 Å². The van der Waals surface area contributed by atoms with Crippen molar-refractivity contribution in [2.75, 3.05) is 13.1 Å². The first-order chi connectivity index (χ1) is 11.8. The highest BCUT2D eigenvalue weighted by Crippen LogP contribution is 2.26. The van der Waals surface area contributed by atoms with Crippen LogP contribution in [0.15, 0.2) is 34.1 Å². The molecule has 146 valence electrons. The van der Waals surface area contributed by atoms with Gasteiger partial charge in [-0.2, -0.15) is 13.2 Å². The Balaban J connectivity index is 2.13. The van der Waals surface area contributed by atoms with E-state index in [2.05, 4.69) is 4.72 Å². The number of hydrogen-bond donors (Lipinski definition) is 1. The molecule has 1 aromatic rings. The molecule has 7 nitrogen and oxygen atoms in total. The highest BCUT2D eigenvalue weighted by molar-refractivity contribution is 8.14. The molecule has 1 heterocycles. The molecule has 0 aliphatic carbocycles. The highest BCUT2D eigenvalue weighted by atomic mass is 35.7. The van der Waals surface area contributed by atoms with E-state index in [0.717, 1.165) is 12.1 Å². The molecule has 1 fully saturated rings. The smallest absolute Gasteiger partial charge is 0.335 e. The molecular weight excluding hydrogens is 421 g/mol. The number of alkyl halides is 3. The number of benzene rings is 1. The van der Waals surface area contributed by atoms with E-state index in [9.17, 15) is 34.8 Å². The Morgan fingerprint density at radius 1 is 1.08 bits per heavy atom. The third-order valence-electron chi connectivity index (χ3n) is 3.75. The summed E-state index contributed by atoms with van der Waals surface area (Å²) in [4.78, 5) is 10.6. The molecule has 0 aromatic heterocycles. The summed E-state index contributed by atoms with van der Waals surface area (Å²) < 4.78 is 87.4. The van der Waals surface area contributed by atoms with Crippen LogP contribution < -0.4 is 4.72 Å². The van der Waals surface area contributed by atoms with Gasteiger partial charge in [0.25, 0.3) is 9.05 Å². The molecule has 1 saturated heterocycles. The van der Waals surface area contributed by atoms with Crippen molar-refractivity contribution < 1.29 is 34.8 Å². The number of sulfonamides is 1. The molecular formula is C13H14ClF3N2O5S2. The molecule has 0 atom stereocenters. The SMILES string of the molecule is O=C(N1CCC(NS(=O)(=O)c2ccccc2S(=O)(=O)Cl)CC1)C(F)(F)F. The zero-order valence-corrected chi connectivity index (χ0v) is 15.4. The molecule has 13 heteroatoms. The Morgan fingerprint density at radius 2 is 1.58 bits per heavy atom. The average Bonchev–Trinajstić information content (AvgIpc) is 2.53. The first kappa shape index (κ1) is 20.9. The van der Waals surface area contributed by atoms with Crippen LogP contribution in [0.5, 0.6) is 0 Å². The number of carbonyl (C=O) groups excluding carboxylic acids is 1. The van der Waals surface area contributed by atoms with Crippen molar-refractivity contribution in [3.05, 3.63) is 24.3 Å². The van der Waals surface area contributed by atoms with Gasteiger partial charge < -0.3 is 4.90 Å². The van der Waals surface area contributed by atoms with Crippen molar-refractivity contribution in [1.29, 1.82) is 0 Å². The molecule has 1 aliphatic rings. The van der Waals surface area contributed by atoms with Crippen molar-refractivity contribution in [2.24, 2.45) is 0 Å². The van der Waals surface area contributed by atoms with Crippen molar-refractivity contribution in [3.63, 3.8) is 0 Å². The zero-order chi connectivity index (χ0) is 19.8. The van der Waals surface area contributed by atoms with Crippen LogP contribution in [0.3, 0.4) is 0 Å². The fraction of sp³-hybridized carbons (Fsp3) is 0.462. The Bertz CT molecular complexity index is 895. The highest BCUT2D eigenvalue weighted by Gasteiger charge is 2.43. The quantitative estimate of drug-likeness (QED) is 0.723. The number of amides is 1. The monoisotopic (exact) mass is 434 g/mol. The molecule has 1 N–H and O–H groups in total. The van der Waals surface area contributed by atoms with Crippen LogP contribution in [0.2, 0.25) is 0 Å². The number of halogens is 4. The van der Waals surface area contributed by atoms with Gasteiger partial charge in [0.1, 0.15) is 9.79 Å². The van der Waals surface area contributed by atoms with Crippen molar-refractivity contribution >= 4 is 35.7 Å². The van der Waals surface area contributed by atoms with Crippen molar-refractivity contribution in [3.8, 4) is 0 Å². The largest absolute Gasteiger partial charge is 0.471 e. The summed E-state index contributed by atoms with van der Waals surface area (Å²) in [7, 11) is -3.36. The van der Waals surface area contributed by atoms with E-state index >= 15 is 0 Å². The second-order valence-electron chi connectivity index (χ2n) is 5.57. The molecule has 0 spiro atoms. The lowest BCUT2D eigenvalue weighted by Crippen LogP contribution is -2.50. The minimum atomic E-state index is -4.99. The molecule has 1 aromatic carbocycles. The van der Waals surface area contributed by atoms with Gasteiger partial charge in [0.2, 0.25) is 10.0 Å². The Morgan fingerprint density at radius 3 is 2.04 bits per heavy atom. The Hall–Kier alpha value is -1.37. The van der Waals surface area contributed by atoms with E-state index in [-0.39, 0.29) is 25.9 Å². The van der Waals surface area contributed by atoms with Crippen molar-refractivity contribution in [1.82, 2.24) is 9.62 Å². The molecule has 0 saturated carbocycles. The number of rotatable bonds is 4. The van der Waals surface area contributed by atoms with E-state index in [1.54, 1.807) is 0 Å². The van der Waals surface area contributed by atoms with Gasteiger partial charge in [0, 0.05) is 29.8 Å². The standard InChI is InChI=1S/C13H14ClF3N2O5S2/c14-25(21,22)10-3-1-2-4-11(10)26(23,24)18-9-5-7-19(8-6-9)12(20)13(15,16)17/h1-4,9,18H,5-8H2. The van der Waals surface area contributed by atoms with Crippen LogP contribution in [0.4, 0.5) is 13.2 Å². The summed E-state index contributed by atoms with van der Waals surface area (Å²) in [5.74, 6) is -1.97. The van der Waals surface area contributed by atoms with E-state index in [1.807, 2.05) is 0 Å². The molecule has 0 bridgehead atoms. The topological polar surface area (TPSA) is 101 Å². The lowest BCUT2D eigenvalue weighted by molar-refractivity contribution is -0.186. The Kier molecular flexibility index (Phi) is 5.90. The summed E-state index contributed by atoms with van der Waals surface area (Å²) in [6.07, 6.45) is -5.08. The number of likely N-dealkylation sites (tertiary alicyclic amines) is 1. The Labute approximate surface area is 152 Å². The van der Waals surface area contributed by atoms with Gasteiger partial charge in [-0.25, -0.2) is 21.6 Å². The number of carbonyl (C=O) groups is 1. The van der Waals surface area contributed by atoms with E-state index in [4.69, 9.17) is 10.7 Å². The predicted molar refractivity (Wildman–Crippen MR) is 85.5 cm³/mol. The van der Waals surface area contributed by atoms with Crippen LogP contribution in [-0.4, -0.2) is 53.0 Å². The normalized spacial score (nSPS) is 17.3. The summed E-state index contributed by atoms with van der Waals surface area (Å²) in [5, 5.41) is 0. The number of nitrogens with one attached hydrogen (secondary N) is 1. The first-order valence-corrected chi connectivity index (χ1v) is 11.0. The fourth-order valence-electron chi connectivity index (χ4n) is 2.54. The number of nitrogens with zero attached hydrogens (tertiary/aromatic N) is 1. The fourth-order valence-corrected chi connectivity index (χ4v) is 5.68. The van der Waals surface area contributed by atoms with Crippen LogP contribution in [-0.2, 0) is 23.9 Å². The third-order valence-corrected chi connectivity index (χ3v) is 6.84. The molecule has 1 amide bonds. The first-order valence-electron chi connectivity index (χ1n) is 7.24. The summed E-state index contributed by atoms with van der Waals surface area (Å²) in [6, 6.07) is 3.95. The predicted octanol–water partition coefficient (Wildman–Crippen LogP) is 1.45. The average molecular weight is 435 g/mol. The molecule has 0 radical (unpaired) electrons. The second-order valence-corrected chi connectivity index (χ2v) is 9.79. The lowest BCUT2D eigenvalue weighted by atomic mass is 10.1. The molecule has 1 aliphatic heterocycles. The van der Waals surface area contributed by atoms with Crippen molar-refractivity contribution in [2.45, 2.75) is 34.9 Å². The minimum Gasteiger partial charge on any atom is -0.335 e. The van der Waals surface area contributed by atoms with E-state index in [1.165, 1.54) is 12.1 Å². The van der Waals surface area contributed by atoms with Crippen LogP contribution in [0, 0.1) is 0 Å². The van der Waals surface area contributed by atoms with Crippen LogP contribution in [0.25, 0.3) is 0 Å². The molecule has 2 rings (SSSR count). The van der Waals surface area contributed by atoms with Gasteiger partial charge >= 0.3 is 12.1 Å². The van der Waals surface area contributed by atoms with Gasteiger partial charge in [0.05, 0.1) is 0 Å². The maximum atomic E-state index is 12.4. The number of hydrogen-bond acceptors (Lipinski definition) is 5. The number of piperidine rings is 1. The maximum Gasteiger partial charge on any atom is 0.471 e. The summed E-state index contributed by atoms with van der Waals surface area (Å²) in [6.45, 7) is -0.554. The van der Waals surface area contributed by atoms with Gasteiger partial charge in [-0.05, 0) is 25.0 Å². The van der Waals surface area contributed by atoms with Crippen LogP contribution in [0.1, 0.15) is 12.8 Å². The third kappa shape index (κ3) is 4.87. The summed E-state index contributed by atoms with van der Waals surface area (Å²) >= 11 is 0.